The first kappa shape index (κ1) is 16.6. The lowest BCUT2D eigenvalue weighted by molar-refractivity contribution is -0.117. The van der Waals surface area contributed by atoms with Crippen LogP contribution in [0.2, 0.25) is 0 Å². The number of nitrogens with zero attached hydrogens (tertiary/aromatic N) is 2. The molecule has 1 aromatic carbocycles. The number of para-hydroxylation sites is 2. The molecular weight excluding hydrogens is 326 g/mol. The minimum absolute atomic E-state index is 0.0787. The Hall–Kier alpha value is -2.28. The predicted octanol–water partition coefficient (Wildman–Crippen LogP) is 3.15. The van der Waals surface area contributed by atoms with Crippen LogP contribution in [0.15, 0.2) is 33.9 Å². The molecule has 0 bridgehead atoms. The number of hydrogen-bond donors (Lipinski definition) is 1. The Bertz CT molecular complexity index is 768. The monoisotopic (exact) mass is 345 g/mol. The smallest absolute Gasteiger partial charge is 0.256 e. The zero-order valence-electron chi connectivity index (χ0n) is 13.8. The van der Waals surface area contributed by atoms with Crippen LogP contribution in [-0.2, 0) is 9.59 Å². The first-order valence-corrected chi connectivity index (χ1v) is 8.72. The first-order chi connectivity index (χ1) is 11.5. The zero-order valence-corrected chi connectivity index (χ0v) is 14.6. The normalized spacial score (nSPS) is 17.2. The van der Waals surface area contributed by atoms with E-state index in [2.05, 4.69) is 10.3 Å². The third-order valence-electron chi connectivity index (χ3n) is 3.96. The third kappa shape index (κ3) is 3.31. The van der Waals surface area contributed by atoms with Gasteiger partial charge in [-0.25, -0.2) is 4.98 Å². The lowest BCUT2D eigenvalue weighted by Gasteiger charge is -2.27. The summed E-state index contributed by atoms with van der Waals surface area (Å²) in [5.41, 5.74) is 2.21. The van der Waals surface area contributed by atoms with Crippen LogP contribution in [0.5, 0.6) is 0 Å². The van der Waals surface area contributed by atoms with Crippen LogP contribution in [0.4, 0.5) is 11.4 Å². The highest BCUT2D eigenvalue weighted by molar-refractivity contribution is 7.99. The van der Waals surface area contributed by atoms with E-state index in [9.17, 15) is 9.59 Å². The maximum atomic E-state index is 12.8. The highest BCUT2D eigenvalue weighted by Gasteiger charge is 2.29. The molecule has 1 atom stereocenters. The summed E-state index contributed by atoms with van der Waals surface area (Å²) < 4.78 is 5.50. The topological polar surface area (TPSA) is 75.4 Å². The van der Waals surface area contributed by atoms with Crippen molar-refractivity contribution in [2.24, 2.45) is 0 Å². The Morgan fingerprint density at radius 3 is 2.88 bits per heavy atom. The number of carbonyl (C=O) groups excluding carboxylic acids is 2. The van der Waals surface area contributed by atoms with Crippen LogP contribution in [0, 0.1) is 13.8 Å². The molecule has 1 aliphatic heterocycles. The average molecular weight is 345 g/mol. The summed E-state index contributed by atoms with van der Waals surface area (Å²) in [7, 11) is 0. The minimum Gasteiger partial charge on any atom is -0.437 e. The van der Waals surface area contributed by atoms with E-state index in [1.807, 2.05) is 39.0 Å². The Labute approximate surface area is 144 Å². The molecule has 2 aromatic rings. The van der Waals surface area contributed by atoms with Crippen LogP contribution < -0.4 is 10.2 Å². The van der Waals surface area contributed by atoms with Gasteiger partial charge in [-0.2, -0.15) is 0 Å². The molecule has 0 saturated heterocycles. The van der Waals surface area contributed by atoms with Crippen molar-refractivity contribution < 1.29 is 14.0 Å². The Balaban J connectivity index is 1.81. The average Bonchev–Trinajstić information content (AvgIpc) is 2.78. The number of rotatable bonds is 3. The fourth-order valence-corrected chi connectivity index (χ4v) is 3.44. The van der Waals surface area contributed by atoms with E-state index in [1.54, 1.807) is 11.0 Å². The predicted molar refractivity (Wildman–Crippen MR) is 93.3 cm³/mol. The lowest BCUT2D eigenvalue weighted by atomic mass is 10.2. The third-order valence-corrected chi connectivity index (χ3v) is 4.77. The quantitative estimate of drug-likeness (QED) is 0.865. The van der Waals surface area contributed by atoms with Crippen molar-refractivity contribution >= 4 is 35.0 Å². The van der Waals surface area contributed by atoms with Gasteiger partial charge in [0, 0.05) is 12.5 Å². The molecule has 2 heterocycles. The largest absolute Gasteiger partial charge is 0.437 e. The molecule has 0 saturated carbocycles. The molecule has 1 unspecified atom stereocenters. The number of amides is 2. The van der Waals surface area contributed by atoms with E-state index in [0.717, 1.165) is 17.1 Å². The summed E-state index contributed by atoms with van der Waals surface area (Å²) in [5, 5.41) is 3.34. The summed E-state index contributed by atoms with van der Waals surface area (Å²) in [6.07, 6.45) is 0.266. The molecule has 24 heavy (non-hydrogen) atoms. The molecular formula is C17H19N3O3S. The van der Waals surface area contributed by atoms with Gasteiger partial charge in [-0.05, 0) is 32.9 Å². The van der Waals surface area contributed by atoms with E-state index in [4.69, 9.17) is 4.42 Å². The van der Waals surface area contributed by atoms with Gasteiger partial charge in [-0.15, -0.1) is 0 Å². The molecule has 6 nitrogen and oxygen atoms in total. The summed E-state index contributed by atoms with van der Waals surface area (Å²) in [6, 6.07) is 7.14. The number of aromatic nitrogens is 1. The molecule has 1 aromatic heterocycles. The van der Waals surface area contributed by atoms with Crippen molar-refractivity contribution in [1.29, 1.82) is 0 Å². The van der Waals surface area contributed by atoms with Crippen LogP contribution in [0.25, 0.3) is 0 Å². The van der Waals surface area contributed by atoms with Crippen molar-refractivity contribution in [3.63, 3.8) is 0 Å². The van der Waals surface area contributed by atoms with Crippen LogP contribution >= 0.6 is 11.8 Å². The fourth-order valence-electron chi connectivity index (χ4n) is 2.67. The molecule has 2 amide bonds. The minimum atomic E-state index is -0.213. The Morgan fingerprint density at radius 1 is 1.42 bits per heavy atom. The second-order valence-corrected chi connectivity index (χ2v) is 6.72. The number of benzene rings is 1. The molecule has 0 spiro atoms. The van der Waals surface area contributed by atoms with Gasteiger partial charge in [0.25, 0.3) is 5.22 Å². The van der Waals surface area contributed by atoms with Gasteiger partial charge in [0.1, 0.15) is 5.76 Å². The van der Waals surface area contributed by atoms with Crippen LogP contribution in [0.3, 0.4) is 0 Å². The summed E-state index contributed by atoms with van der Waals surface area (Å²) in [5.74, 6) is 0.793. The van der Waals surface area contributed by atoms with Crippen LogP contribution in [0.1, 0.15) is 24.8 Å². The molecule has 3 rings (SSSR count). The van der Waals surface area contributed by atoms with E-state index in [-0.39, 0.29) is 30.0 Å². The number of nitrogens with one attached hydrogen (secondary N) is 1. The Kier molecular flexibility index (Phi) is 4.62. The number of thioether (sulfide) groups is 1. The lowest BCUT2D eigenvalue weighted by Crippen LogP contribution is -2.40. The maximum absolute atomic E-state index is 12.8. The maximum Gasteiger partial charge on any atom is 0.256 e. The molecule has 7 heteroatoms. The SMILES string of the molecule is Cc1nc(SCC(=O)N2c3ccccc3NC(=O)CC2C)oc1C. The number of oxazole rings is 1. The molecule has 0 fully saturated rings. The highest BCUT2D eigenvalue weighted by Crippen LogP contribution is 2.32. The summed E-state index contributed by atoms with van der Waals surface area (Å²) in [6.45, 7) is 5.59. The number of hydrogen-bond acceptors (Lipinski definition) is 5. The van der Waals surface area contributed by atoms with Gasteiger partial charge >= 0.3 is 0 Å². The van der Waals surface area contributed by atoms with E-state index in [0.29, 0.717) is 10.9 Å². The van der Waals surface area contributed by atoms with Crippen molar-refractivity contribution in [2.75, 3.05) is 16.0 Å². The van der Waals surface area contributed by atoms with Gasteiger partial charge in [0.05, 0.1) is 22.8 Å². The highest BCUT2D eigenvalue weighted by atomic mass is 32.2. The van der Waals surface area contributed by atoms with E-state index < -0.39 is 0 Å². The molecule has 0 aliphatic carbocycles. The van der Waals surface area contributed by atoms with Crippen molar-refractivity contribution in [1.82, 2.24) is 4.98 Å². The van der Waals surface area contributed by atoms with Gasteiger partial charge in [-0.3, -0.25) is 9.59 Å². The standard InChI is InChI=1S/C17H19N3O3S/c1-10-8-15(21)19-13-6-4-5-7-14(13)20(10)16(22)9-24-17-18-11(2)12(3)23-17/h4-7,10H,8-9H2,1-3H3,(H,19,21). The molecule has 1 aliphatic rings. The summed E-state index contributed by atoms with van der Waals surface area (Å²) in [4.78, 5) is 30.7. The number of aryl methyl sites for hydroxylation is 2. The second-order valence-electron chi connectivity index (χ2n) is 5.79. The Morgan fingerprint density at radius 2 is 2.17 bits per heavy atom. The van der Waals surface area contributed by atoms with E-state index >= 15 is 0 Å². The van der Waals surface area contributed by atoms with Crippen LogP contribution in [-0.4, -0.2) is 28.6 Å². The molecule has 0 radical (unpaired) electrons. The van der Waals surface area contributed by atoms with Gasteiger partial charge in [-0.1, -0.05) is 23.9 Å². The fraction of sp³-hybridized carbons (Fsp3) is 0.353. The zero-order chi connectivity index (χ0) is 17.3. The number of carbonyl (C=O) groups is 2. The van der Waals surface area contributed by atoms with Crippen molar-refractivity contribution in [3.8, 4) is 0 Å². The number of anilines is 2. The van der Waals surface area contributed by atoms with E-state index in [1.165, 1.54) is 11.8 Å². The summed E-state index contributed by atoms with van der Waals surface area (Å²) >= 11 is 1.27. The van der Waals surface area contributed by atoms with Gasteiger partial charge in [0.15, 0.2) is 0 Å². The van der Waals surface area contributed by atoms with Crippen molar-refractivity contribution in [2.45, 2.75) is 38.5 Å². The van der Waals surface area contributed by atoms with Gasteiger partial charge < -0.3 is 14.6 Å². The molecule has 1 N–H and O–H groups in total. The molecule has 126 valence electrons. The first-order valence-electron chi connectivity index (χ1n) is 7.73. The second kappa shape index (κ2) is 6.68. The van der Waals surface area contributed by atoms with Crippen molar-refractivity contribution in [3.05, 3.63) is 35.7 Å². The number of fused-ring (bicyclic) bond motifs is 1. The van der Waals surface area contributed by atoms with Gasteiger partial charge in [0.2, 0.25) is 11.8 Å².